The van der Waals surface area contributed by atoms with Crippen molar-refractivity contribution >= 4 is 21.8 Å². The molecule has 1 aromatic carbocycles. The van der Waals surface area contributed by atoms with Gasteiger partial charge >= 0.3 is 0 Å². The quantitative estimate of drug-likeness (QED) is 0.892. The Kier molecular flexibility index (Phi) is 4.47. The summed E-state index contributed by atoms with van der Waals surface area (Å²) in [4.78, 5) is 12.0. The first-order chi connectivity index (χ1) is 9.05. The zero-order valence-electron chi connectivity index (χ0n) is 10.9. The van der Waals surface area contributed by atoms with Crippen LogP contribution in [0.3, 0.4) is 0 Å². The van der Waals surface area contributed by atoms with Crippen molar-refractivity contribution in [2.24, 2.45) is 0 Å². The number of nitrogens with one attached hydrogen (secondary N) is 1. The van der Waals surface area contributed by atoms with Crippen LogP contribution in [0.2, 0.25) is 0 Å². The molecule has 1 fully saturated rings. The third-order valence-corrected chi connectivity index (χ3v) is 4.14. The van der Waals surface area contributed by atoms with E-state index in [4.69, 9.17) is 4.74 Å². The van der Waals surface area contributed by atoms with Crippen LogP contribution in [-0.4, -0.2) is 23.7 Å². The van der Waals surface area contributed by atoms with Gasteiger partial charge < -0.3 is 15.2 Å². The smallest absolute Gasteiger partial charge is 0.252 e. The Morgan fingerprint density at radius 3 is 2.74 bits per heavy atom. The predicted octanol–water partition coefficient (Wildman–Crippen LogP) is 2.38. The van der Waals surface area contributed by atoms with Crippen LogP contribution in [0.15, 0.2) is 22.7 Å². The van der Waals surface area contributed by atoms with Crippen LogP contribution in [0, 0.1) is 0 Å². The standard InChI is InChI=1S/C14H18BrNO3/c1-19-12-5-4-10(8-11(12)15)9-16-13(17)14(18)6-2-3-7-14/h4-5,8,18H,2-3,6-7,9H2,1H3,(H,16,17). The summed E-state index contributed by atoms with van der Waals surface area (Å²) < 4.78 is 6.00. The lowest BCUT2D eigenvalue weighted by Crippen LogP contribution is -2.44. The van der Waals surface area contributed by atoms with Crippen LogP contribution >= 0.6 is 15.9 Å². The third-order valence-electron chi connectivity index (χ3n) is 3.52. The maximum atomic E-state index is 12.0. The number of rotatable bonds is 4. The molecule has 0 aromatic heterocycles. The third kappa shape index (κ3) is 3.28. The molecule has 1 saturated carbocycles. The molecule has 2 N–H and O–H groups in total. The van der Waals surface area contributed by atoms with Gasteiger partial charge in [0.05, 0.1) is 11.6 Å². The van der Waals surface area contributed by atoms with Crippen molar-refractivity contribution in [3.63, 3.8) is 0 Å². The highest BCUT2D eigenvalue weighted by atomic mass is 79.9. The summed E-state index contributed by atoms with van der Waals surface area (Å²) in [5, 5.41) is 12.9. The molecule has 0 atom stereocenters. The summed E-state index contributed by atoms with van der Waals surface area (Å²) in [6, 6.07) is 5.64. The molecule has 5 heteroatoms. The number of methoxy groups -OCH3 is 1. The fraction of sp³-hybridized carbons (Fsp3) is 0.500. The second-order valence-electron chi connectivity index (χ2n) is 4.89. The van der Waals surface area contributed by atoms with E-state index in [0.29, 0.717) is 19.4 Å². The summed E-state index contributed by atoms with van der Waals surface area (Å²) in [6.45, 7) is 0.406. The van der Waals surface area contributed by atoms with E-state index in [0.717, 1.165) is 28.6 Å². The van der Waals surface area contributed by atoms with Gasteiger partial charge in [0, 0.05) is 6.54 Å². The largest absolute Gasteiger partial charge is 0.496 e. The molecule has 104 valence electrons. The fourth-order valence-corrected chi connectivity index (χ4v) is 2.94. The minimum absolute atomic E-state index is 0.267. The second kappa shape index (κ2) is 5.92. The molecule has 0 radical (unpaired) electrons. The van der Waals surface area contributed by atoms with Crippen LogP contribution in [0.25, 0.3) is 0 Å². The Hall–Kier alpha value is -1.07. The average molecular weight is 328 g/mol. The van der Waals surface area contributed by atoms with Crippen molar-refractivity contribution in [1.82, 2.24) is 5.32 Å². The molecule has 1 amide bonds. The lowest BCUT2D eigenvalue weighted by Gasteiger charge is -2.21. The lowest BCUT2D eigenvalue weighted by atomic mass is 10.0. The molecule has 2 rings (SSSR count). The Balaban J connectivity index is 1.95. The van der Waals surface area contributed by atoms with Gasteiger partial charge in [-0.2, -0.15) is 0 Å². The van der Waals surface area contributed by atoms with E-state index in [-0.39, 0.29) is 5.91 Å². The van der Waals surface area contributed by atoms with Crippen molar-refractivity contribution in [2.75, 3.05) is 7.11 Å². The predicted molar refractivity (Wildman–Crippen MR) is 76.0 cm³/mol. The molecular formula is C14H18BrNO3. The van der Waals surface area contributed by atoms with E-state index in [1.807, 2.05) is 18.2 Å². The minimum Gasteiger partial charge on any atom is -0.496 e. The van der Waals surface area contributed by atoms with Gasteiger partial charge in [-0.25, -0.2) is 0 Å². The first kappa shape index (κ1) is 14.3. The Labute approximate surface area is 121 Å². The number of amides is 1. The molecule has 0 spiro atoms. The van der Waals surface area contributed by atoms with Gasteiger partial charge in [0.15, 0.2) is 0 Å². The first-order valence-corrected chi connectivity index (χ1v) is 7.17. The van der Waals surface area contributed by atoms with Crippen molar-refractivity contribution in [1.29, 1.82) is 0 Å². The first-order valence-electron chi connectivity index (χ1n) is 6.38. The van der Waals surface area contributed by atoms with E-state index >= 15 is 0 Å². The lowest BCUT2D eigenvalue weighted by molar-refractivity contribution is -0.139. The van der Waals surface area contributed by atoms with E-state index < -0.39 is 5.60 Å². The van der Waals surface area contributed by atoms with Crippen LogP contribution in [0.5, 0.6) is 5.75 Å². The molecule has 4 nitrogen and oxygen atoms in total. The number of carbonyl (C=O) groups excluding carboxylic acids is 1. The zero-order chi connectivity index (χ0) is 13.9. The number of ether oxygens (including phenoxy) is 1. The van der Waals surface area contributed by atoms with Crippen molar-refractivity contribution < 1.29 is 14.6 Å². The van der Waals surface area contributed by atoms with Crippen molar-refractivity contribution in [3.05, 3.63) is 28.2 Å². The SMILES string of the molecule is COc1ccc(CNC(=O)C2(O)CCCC2)cc1Br. The monoisotopic (exact) mass is 327 g/mol. The Morgan fingerprint density at radius 1 is 1.47 bits per heavy atom. The van der Waals surface area contributed by atoms with Crippen LogP contribution in [-0.2, 0) is 11.3 Å². The van der Waals surface area contributed by atoms with Gasteiger partial charge in [0.2, 0.25) is 0 Å². The summed E-state index contributed by atoms with van der Waals surface area (Å²) in [5.41, 5.74) is -0.202. The summed E-state index contributed by atoms with van der Waals surface area (Å²) in [5.74, 6) is 0.487. The molecular weight excluding hydrogens is 310 g/mol. The van der Waals surface area contributed by atoms with Gasteiger partial charge in [-0.05, 0) is 59.3 Å². The number of aliphatic hydroxyl groups is 1. The minimum atomic E-state index is -1.16. The molecule has 1 aliphatic carbocycles. The molecule has 0 saturated heterocycles. The van der Waals surface area contributed by atoms with Crippen LogP contribution in [0.1, 0.15) is 31.2 Å². The molecule has 0 unspecified atom stereocenters. The number of hydrogen-bond acceptors (Lipinski definition) is 3. The number of carbonyl (C=O) groups is 1. The molecule has 0 heterocycles. The Bertz CT molecular complexity index is 470. The molecule has 19 heavy (non-hydrogen) atoms. The van der Waals surface area contributed by atoms with Gasteiger partial charge in [-0.15, -0.1) is 0 Å². The summed E-state index contributed by atoms with van der Waals surface area (Å²) >= 11 is 3.40. The van der Waals surface area contributed by atoms with Crippen molar-refractivity contribution in [3.8, 4) is 5.75 Å². The fourth-order valence-electron chi connectivity index (χ4n) is 2.35. The molecule has 1 aromatic rings. The number of benzene rings is 1. The Morgan fingerprint density at radius 2 is 2.16 bits per heavy atom. The van der Waals surface area contributed by atoms with E-state index in [1.165, 1.54) is 0 Å². The summed E-state index contributed by atoms with van der Waals surface area (Å²) in [6.07, 6.45) is 2.95. The van der Waals surface area contributed by atoms with Crippen LogP contribution < -0.4 is 10.1 Å². The van der Waals surface area contributed by atoms with E-state index in [9.17, 15) is 9.90 Å². The van der Waals surface area contributed by atoms with Gasteiger partial charge in [-0.1, -0.05) is 6.07 Å². The number of halogens is 1. The van der Waals surface area contributed by atoms with Gasteiger partial charge in [-0.3, -0.25) is 4.79 Å². The van der Waals surface area contributed by atoms with Gasteiger partial charge in [0.1, 0.15) is 11.4 Å². The maximum Gasteiger partial charge on any atom is 0.252 e. The van der Waals surface area contributed by atoms with E-state index in [2.05, 4.69) is 21.2 Å². The zero-order valence-corrected chi connectivity index (χ0v) is 12.5. The van der Waals surface area contributed by atoms with Gasteiger partial charge in [0.25, 0.3) is 5.91 Å². The second-order valence-corrected chi connectivity index (χ2v) is 5.74. The van der Waals surface area contributed by atoms with E-state index in [1.54, 1.807) is 7.11 Å². The molecule has 0 aliphatic heterocycles. The normalized spacial score (nSPS) is 17.2. The highest BCUT2D eigenvalue weighted by Gasteiger charge is 2.38. The highest BCUT2D eigenvalue weighted by molar-refractivity contribution is 9.10. The van der Waals surface area contributed by atoms with Crippen molar-refractivity contribution in [2.45, 2.75) is 37.8 Å². The topological polar surface area (TPSA) is 58.6 Å². The molecule has 0 bridgehead atoms. The number of hydrogen-bond donors (Lipinski definition) is 2. The highest BCUT2D eigenvalue weighted by Crippen LogP contribution is 2.30. The summed E-state index contributed by atoms with van der Waals surface area (Å²) in [7, 11) is 1.61. The molecule has 1 aliphatic rings. The maximum absolute atomic E-state index is 12.0. The average Bonchev–Trinajstić information content (AvgIpc) is 2.84. The van der Waals surface area contributed by atoms with Crippen LogP contribution in [0.4, 0.5) is 0 Å².